The first-order valence-electron chi connectivity index (χ1n) is 5.49. The van der Waals surface area contributed by atoms with Crippen molar-refractivity contribution >= 4 is 5.78 Å². The van der Waals surface area contributed by atoms with E-state index in [1.807, 2.05) is 14.0 Å². The van der Waals surface area contributed by atoms with Gasteiger partial charge in [0.15, 0.2) is 5.78 Å². The molecule has 0 aromatic heterocycles. The number of hydrogen-bond donors (Lipinski definition) is 0. The first-order chi connectivity index (χ1) is 6.65. The van der Waals surface area contributed by atoms with Crippen molar-refractivity contribution in [1.82, 2.24) is 4.90 Å². The average molecular weight is 199 g/mol. The van der Waals surface area contributed by atoms with Gasteiger partial charge in [0.25, 0.3) is 0 Å². The molecule has 0 aliphatic carbocycles. The number of nitrogens with zero attached hydrogens (tertiary/aromatic N) is 1. The van der Waals surface area contributed by atoms with E-state index in [1.165, 1.54) is 0 Å². The molecule has 1 heterocycles. The summed E-state index contributed by atoms with van der Waals surface area (Å²) in [5.74, 6) is 0.426. The van der Waals surface area contributed by atoms with Gasteiger partial charge in [-0.1, -0.05) is 20.3 Å². The standard InChI is InChI=1S/C11H21NO2/c1-4-5-9(2)11(13)10-8-12(3)6-7-14-10/h9-10H,4-8H2,1-3H3. The molecule has 3 nitrogen and oxygen atoms in total. The van der Waals surface area contributed by atoms with E-state index in [9.17, 15) is 4.79 Å². The Morgan fingerprint density at radius 1 is 1.64 bits per heavy atom. The van der Waals surface area contributed by atoms with Crippen LogP contribution in [-0.2, 0) is 9.53 Å². The fourth-order valence-electron chi connectivity index (χ4n) is 1.84. The van der Waals surface area contributed by atoms with E-state index in [1.54, 1.807) is 0 Å². The molecule has 1 aliphatic heterocycles. The van der Waals surface area contributed by atoms with Crippen LogP contribution in [-0.4, -0.2) is 43.5 Å². The molecule has 1 fully saturated rings. The molecule has 0 amide bonds. The second-order valence-corrected chi connectivity index (χ2v) is 4.21. The number of hydrogen-bond acceptors (Lipinski definition) is 3. The fourth-order valence-corrected chi connectivity index (χ4v) is 1.84. The molecule has 0 bridgehead atoms. The lowest BCUT2D eigenvalue weighted by Gasteiger charge is -2.30. The third kappa shape index (κ3) is 3.07. The highest BCUT2D eigenvalue weighted by Gasteiger charge is 2.27. The molecule has 0 radical (unpaired) electrons. The lowest BCUT2D eigenvalue weighted by molar-refractivity contribution is -0.139. The Morgan fingerprint density at radius 3 is 2.93 bits per heavy atom. The van der Waals surface area contributed by atoms with E-state index in [0.29, 0.717) is 6.61 Å². The van der Waals surface area contributed by atoms with Crippen molar-refractivity contribution in [2.45, 2.75) is 32.8 Å². The molecular formula is C11H21NO2. The summed E-state index contributed by atoms with van der Waals surface area (Å²) in [6, 6.07) is 0. The van der Waals surface area contributed by atoms with Crippen molar-refractivity contribution < 1.29 is 9.53 Å². The summed E-state index contributed by atoms with van der Waals surface area (Å²) in [6.07, 6.45) is 1.85. The summed E-state index contributed by atoms with van der Waals surface area (Å²) in [6.45, 7) is 6.49. The molecule has 2 unspecified atom stereocenters. The average Bonchev–Trinajstić information content (AvgIpc) is 2.17. The molecule has 0 saturated carbocycles. The van der Waals surface area contributed by atoms with Gasteiger partial charge in [-0.15, -0.1) is 0 Å². The number of likely N-dealkylation sites (N-methyl/N-ethyl adjacent to an activating group) is 1. The Hall–Kier alpha value is -0.410. The van der Waals surface area contributed by atoms with Crippen LogP contribution in [0.3, 0.4) is 0 Å². The van der Waals surface area contributed by atoms with Crippen LogP contribution >= 0.6 is 0 Å². The molecule has 82 valence electrons. The van der Waals surface area contributed by atoms with Gasteiger partial charge in [0.05, 0.1) is 6.61 Å². The normalized spacial score (nSPS) is 26.1. The number of ketones is 1. The van der Waals surface area contributed by atoms with Crippen molar-refractivity contribution in [1.29, 1.82) is 0 Å². The Labute approximate surface area is 86.4 Å². The third-order valence-electron chi connectivity index (χ3n) is 2.79. The van der Waals surface area contributed by atoms with E-state index in [4.69, 9.17) is 4.74 Å². The molecule has 2 atom stereocenters. The van der Waals surface area contributed by atoms with Gasteiger partial charge in [-0.3, -0.25) is 4.79 Å². The Bertz CT molecular complexity index is 194. The minimum absolute atomic E-state index is 0.150. The van der Waals surface area contributed by atoms with Crippen LogP contribution in [0.1, 0.15) is 26.7 Å². The molecule has 1 rings (SSSR count). The van der Waals surface area contributed by atoms with Gasteiger partial charge in [0.1, 0.15) is 6.10 Å². The highest BCUT2D eigenvalue weighted by Crippen LogP contribution is 2.13. The van der Waals surface area contributed by atoms with Gasteiger partial charge >= 0.3 is 0 Å². The Balaban J connectivity index is 2.42. The predicted molar refractivity (Wildman–Crippen MR) is 56.3 cm³/mol. The largest absolute Gasteiger partial charge is 0.368 e. The second kappa shape index (κ2) is 5.47. The zero-order valence-electron chi connectivity index (χ0n) is 9.45. The predicted octanol–water partition coefficient (Wildman–Crippen LogP) is 1.32. The molecular weight excluding hydrogens is 178 g/mol. The maximum atomic E-state index is 11.9. The highest BCUT2D eigenvalue weighted by atomic mass is 16.5. The van der Waals surface area contributed by atoms with Crippen LogP contribution in [0.2, 0.25) is 0 Å². The van der Waals surface area contributed by atoms with Crippen molar-refractivity contribution in [2.75, 3.05) is 26.7 Å². The van der Waals surface area contributed by atoms with Crippen LogP contribution in [0.25, 0.3) is 0 Å². The number of morpholine rings is 1. The summed E-state index contributed by atoms with van der Waals surface area (Å²) in [5, 5.41) is 0. The monoisotopic (exact) mass is 199 g/mol. The minimum atomic E-state index is -0.185. The van der Waals surface area contributed by atoms with Crippen LogP contribution in [0, 0.1) is 5.92 Å². The van der Waals surface area contributed by atoms with Crippen LogP contribution in [0.4, 0.5) is 0 Å². The molecule has 3 heteroatoms. The van der Waals surface area contributed by atoms with Crippen molar-refractivity contribution in [2.24, 2.45) is 5.92 Å². The molecule has 1 aliphatic rings. The van der Waals surface area contributed by atoms with Gasteiger partial charge in [-0.05, 0) is 13.5 Å². The van der Waals surface area contributed by atoms with Crippen LogP contribution in [0.15, 0.2) is 0 Å². The summed E-state index contributed by atoms with van der Waals surface area (Å²) < 4.78 is 5.49. The molecule has 0 aromatic carbocycles. The van der Waals surface area contributed by atoms with E-state index >= 15 is 0 Å². The van der Waals surface area contributed by atoms with Crippen molar-refractivity contribution in [3.05, 3.63) is 0 Å². The van der Waals surface area contributed by atoms with Gasteiger partial charge in [-0.25, -0.2) is 0 Å². The zero-order chi connectivity index (χ0) is 10.6. The van der Waals surface area contributed by atoms with Crippen molar-refractivity contribution in [3.8, 4) is 0 Å². The number of ether oxygens (including phenoxy) is 1. The van der Waals surface area contributed by atoms with E-state index in [0.717, 1.165) is 25.9 Å². The summed E-state index contributed by atoms with van der Waals surface area (Å²) in [7, 11) is 2.04. The minimum Gasteiger partial charge on any atom is -0.368 e. The van der Waals surface area contributed by atoms with Gasteiger partial charge in [0.2, 0.25) is 0 Å². The number of carbonyl (C=O) groups is 1. The van der Waals surface area contributed by atoms with E-state index in [2.05, 4.69) is 11.8 Å². The summed E-state index contributed by atoms with van der Waals surface area (Å²) >= 11 is 0. The molecule has 0 aromatic rings. The maximum Gasteiger partial charge on any atom is 0.165 e. The highest BCUT2D eigenvalue weighted by molar-refractivity contribution is 5.85. The second-order valence-electron chi connectivity index (χ2n) is 4.21. The maximum absolute atomic E-state index is 11.9. The fraction of sp³-hybridized carbons (Fsp3) is 0.909. The quantitative estimate of drug-likeness (QED) is 0.684. The number of carbonyl (C=O) groups excluding carboxylic acids is 1. The topological polar surface area (TPSA) is 29.5 Å². The first kappa shape index (κ1) is 11.7. The number of rotatable bonds is 4. The summed E-state index contributed by atoms with van der Waals surface area (Å²) in [5.41, 5.74) is 0. The molecule has 14 heavy (non-hydrogen) atoms. The molecule has 0 spiro atoms. The van der Waals surface area contributed by atoms with Crippen LogP contribution < -0.4 is 0 Å². The number of Topliss-reactive ketones (excluding diaryl/α,β-unsaturated/α-hetero) is 1. The molecule has 0 N–H and O–H groups in total. The lowest BCUT2D eigenvalue weighted by Crippen LogP contribution is -2.45. The SMILES string of the molecule is CCCC(C)C(=O)C1CN(C)CCO1. The van der Waals surface area contributed by atoms with Gasteiger partial charge < -0.3 is 9.64 Å². The summed E-state index contributed by atoms with van der Waals surface area (Å²) in [4.78, 5) is 14.0. The van der Waals surface area contributed by atoms with Crippen molar-refractivity contribution in [3.63, 3.8) is 0 Å². The van der Waals surface area contributed by atoms with E-state index < -0.39 is 0 Å². The Morgan fingerprint density at radius 2 is 2.36 bits per heavy atom. The molecule has 1 saturated heterocycles. The Kier molecular flexibility index (Phi) is 4.55. The third-order valence-corrected chi connectivity index (χ3v) is 2.79. The zero-order valence-corrected chi connectivity index (χ0v) is 9.45. The van der Waals surface area contributed by atoms with Gasteiger partial charge in [-0.2, -0.15) is 0 Å². The van der Waals surface area contributed by atoms with E-state index in [-0.39, 0.29) is 17.8 Å². The smallest absolute Gasteiger partial charge is 0.165 e. The van der Waals surface area contributed by atoms with Gasteiger partial charge in [0, 0.05) is 19.0 Å². The lowest BCUT2D eigenvalue weighted by atomic mass is 9.96. The van der Waals surface area contributed by atoms with Crippen LogP contribution in [0.5, 0.6) is 0 Å². The first-order valence-corrected chi connectivity index (χ1v) is 5.49.